The minimum Gasteiger partial charge on any atom is -0.545 e. The number of rotatable bonds is 3. The normalized spacial score (nSPS) is 16.0. The molecule has 26 heavy (non-hydrogen) atoms. The maximum atomic E-state index is 12.7. The monoisotopic (exact) mass is 349 g/mol. The number of benzene rings is 2. The predicted molar refractivity (Wildman–Crippen MR) is 91.0 cm³/mol. The zero-order valence-electron chi connectivity index (χ0n) is 13.7. The van der Waals surface area contributed by atoms with Crippen LogP contribution in [0, 0.1) is 6.92 Å². The van der Waals surface area contributed by atoms with Gasteiger partial charge in [-0.3, -0.25) is 14.9 Å². The third-order valence-corrected chi connectivity index (χ3v) is 3.85. The van der Waals surface area contributed by atoms with E-state index >= 15 is 0 Å². The Morgan fingerprint density at radius 2 is 1.62 bits per heavy atom. The second-order valence-electron chi connectivity index (χ2n) is 5.70. The van der Waals surface area contributed by atoms with Crippen LogP contribution in [0.15, 0.2) is 54.1 Å². The van der Waals surface area contributed by atoms with Crippen molar-refractivity contribution in [3.63, 3.8) is 0 Å². The van der Waals surface area contributed by atoms with Crippen molar-refractivity contribution in [3.05, 3.63) is 70.8 Å². The van der Waals surface area contributed by atoms with Gasteiger partial charge >= 0.3 is 6.03 Å². The Kier molecular flexibility index (Phi) is 4.36. The highest BCUT2D eigenvalue weighted by molar-refractivity contribution is 6.39. The van der Waals surface area contributed by atoms with Crippen LogP contribution in [0.5, 0.6) is 0 Å². The number of aromatic carboxylic acids is 1. The van der Waals surface area contributed by atoms with E-state index in [1.54, 1.807) is 24.3 Å². The summed E-state index contributed by atoms with van der Waals surface area (Å²) in [5, 5.41) is 12.9. The van der Waals surface area contributed by atoms with Gasteiger partial charge in [-0.2, -0.15) is 0 Å². The number of carboxylic acids is 1. The number of urea groups is 1. The summed E-state index contributed by atoms with van der Waals surface area (Å²) in [6, 6.07) is 11.3. The maximum Gasteiger partial charge on any atom is 0.335 e. The average molecular weight is 349 g/mol. The standard InChI is InChI=1S/C19H14N2O5/c1-11-2-8-14(9-3-11)21-17(23)15(16(22)20-19(21)26)10-12-4-6-13(7-5-12)18(24)25/h2-10H,1H3,(H,24,25)(H,20,22,26)/p-1/b15-10-. The van der Waals surface area contributed by atoms with Crippen LogP contribution < -0.4 is 15.3 Å². The minimum absolute atomic E-state index is 0.0250. The molecule has 1 fully saturated rings. The van der Waals surface area contributed by atoms with E-state index in [4.69, 9.17) is 0 Å². The van der Waals surface area contributed by atoms with E-state index in [1.165, 1.54) is 30.3 Å². The molecule has 7 heteroatoms. The van der Waals surface area contributed by atoms with Crippen molar-refractivity contribution in [2.75, 3.05) is 4.90 Å². The number of carbonyl (C=O) groups is 4. The minimum atomic E-state index is -1.33. The van der Waals surface area contributed by atoms with Gasteiger partial charge in [0.2, 0.25) is 0 Å². The van der Waals surface area contributed by atoms with Gasteiger partial charge in [0.1, 0.15) is 5.57 Å². The lowest BCUT2D eigenvalue weighted by Gasteiger charge is -2.26. The molecule has 0 atom stereocenters. The van der Waals surface area contributed by atoms with Crippen molar-refractivity contribution in [2.24, 2.45) is 0 Å². The molecule has 1 heterocycles. The molecule has 2 aromatic rings. The van der Waals surface area contributed by atoms with Gasteiger partial charge in [-0.05, 0) is 36.3 Å². The first kappa shape index (κ1) is 17.1. The molecule has 7 nitrogen and oxygen atoms in total. The number of amides is 4. The Morgan fingerprint density at radius 1 is 1.00 bits per heavy atom. The highest BCUT2D eigenvalue weighted by Gasteiger charge is 2.36. The molecular weight excluding hydrogens is 336 g/mol. The largest absolute Gasteiger partial charge is 0.545 e. The van der Waals surface area contributed by atoms with Crippen molar-refractivity contribution in [1.82, 2.24) is 5.32 Å². The van der Waals surface area contributed by atoms with Gasteiger partial charge in [0.25, 0.3) is 11.8 Å². The summed E-state index contributed by atoms with van der Waals surface area (Å²) < 4.78 is 0. The topological polar surface area (TPSA) is 107 Å². The second-order valence-corrected chi connectivity index (χ2v) is 5.70. The van der Waals surface area contributed by atoms with Crippen molar-refractivity contribution in [2.45, 2.75) is 6.92 Å². The molecule has 0 aliphatic carbocycles. The Hall–Kier alpha value is -3.74. The van der Waals surface area contributed by atoms with Crippen molar-refractivity contribution in [1.29, 1.82) is 0 Å². The Morgan fingerprint density at radius 3 is 2.19 bits per heavy atom. The van der Waals surface area contributed by atoms with Crippen LogP contribution in [-0.2, 0) is 9.59 Å². The van der Waals surface area contributed by atoms with Gasteiger partial charge in [0.15, 0.2) is 0 Å². The number of hydrogen-bond acceptors (Lipinski definition) is 5. The molecule has 0 bridgehead atoms. The molecule has 0 unspecified atom stereocenters. The third kappa shape index (κ3) is 3.23. The summed E-state index contributed by atoms with van der Waals surface area (Å²) in [6.45, 7) is 1.87. The lowest BCUT2D eigenvalue weighted by Crippen LogP contribution is -2.54. The van der Waals surface area contributed by atoms with Gasteiger partial charge < -0.3 is 9.90 Å². The molecule has 1 aliphatic heterocycles. The van der Waals surface area contributed by atoms with Crippen molar-refractivity contribution < 1.29 is 24.3 Å². The number of imide groups is 2. The highest BCUT2D eigenvalue weighted by atomic mass is 16.4. The second kappa shape index (κ2) is 6.64. The van der Waals surface area contributed by atoms with E-state index in [0.717, 1.165) is 10.5 Å². The molecule has 0 aromatic heterocycles. The van der Waals surface area contributed by atoms with E-state index in [0.29, 0.717) is 11.3 Å². The lowest BCUT2D eigenvalue weighted by molar-refractivity contribution is -0.255. The van der Waals surface area contributed by atoms with E-state index in [1.807, 2.05) is 6.92 Å². The van der Waals surface area contributed by atoms with Crippen molar-refractivity contribution >= 4 is 35.6 Å². The molecule has 1 N–H and O–H groups in total. The Bertz CT molecular complexity index is 943. The first-order valence-corrected chi connectivity index (χ1v) is 7.66. The molecule has 2 aromatic carbocycles. The molecule has 4 amide bonds. The van der Waals surface area contributed by atoms with Crippen molar-refractivity contribution in [3.8, 4) is 0 Å². The summed E-state index contributed by atoms with van der Waals surface area (Å²) in [6.07, 6.45) is 1.30. The van der Waals surface area contributed by atoms with Crippen LogP contribution in [0.25, 0.3) is 6.08 Å². The highest BCUT2D eigenvalue weighted by Crippen LogP contribution is 2.22. The fourth-order valence-electron chi connectivity index (χ4n) is 2.47. The van der Waals surface area contributed by atoms with Gasteiger partial charge in [0.05, 0.1) is 11.7 Å². The number of carbonyl (C=O) groups excluding carboxylic acids is 4. The summed E-state index contributed by atoms with van der Waals surface area (Å²) in [5.41, 5.74) is 1.48. The van der Waals surface area contributed by atoms with E-state index < -0.39 is 23.8 Å². The van der Waals surface area contributed by atoms with Gasteiger partial charge in [-0.1, -0.05) is 42.0 Å². The van der Waals surface area contributed by atoms with Crippen LogP contribution in [0.4, 0.5) is 10.5 Å². The van der Waals surface area contributed by atoms with Crippen LogP contribution in [0.3, 0.4) is 0 Å². The smallest absolute Gasteiger partial charge is 0.335 e. The molecule has 0 spiro atoms. The average Bonchev–Trinajstić information content (AvgIpc) is 2.60. The molecular formula is C19H13N2O5-. The summed E-state index contributed by atoms with van der Waals surface area (Å²) >= 11 is 0. The number of carboxylic acid groups (broad SMARTS) is 1. The zero-order valence-corrected chi connectivity index (χ0v) is 13.7. The first-order valence-electron chi connectivity index (χ1n) is 7.66. The number of hydrogen-bond donors (Lipinski definition) is 1. The zero-order chi connectivity index (χ0) is 18.8. The maximum absolute atomic E-state index is 12.7. The fraction of sp³-hybridized carbons (Fsp3) is 0.0526. The number of nitrogens with one attached hydrogen (secondary N) is 1. The Balaban J connectivity index is 1.96. The van der Waals surface area contributed by atoms with Crippen LogP contribution in [0.2, 0.25) is 0 Å². The van der Waals surface area contributed by atoms with Gasteiger partial charge in [0, 0.05) is 0 Å². The molecule has 1 saturated heterocycles. The Labute approximate surface area is 148 Å². The van der Waals surface area contributed by atoms with E-state index in [9.17, 15) is 24.3 Å². The third-order valence-electron chi connectivity index (χ3n) is 3.85. The van der Waals surface area contributed by atoms with Gasteiger partial charge in [-0.15, -0.1) is 0 Å². The lowest BCUT2D eigenvalue weighted by atomic mass is 10.1. The molecule has 0 radical (unpaired) electrons. The van der Waals surface area contributed by atoms with Gasteiger partial charge in [-0.25, -0.2) is 9.69 Å². The van der Waals surface area contributed by atoms with E-state index in [-0.39, 0.29) is 11.1 Å². The molecule has 130 valence electrons. The number of anilines is 1. The SMILES string of the molecule is Cc1ccc(N2C(=O)NC(=O)/C(=C/c3ccc(C(=O)[O-])cc3)C2=O)cc1. The van der Waals surface area contributed by atoms with Crippen LogP contribution >= 0.6 is 0 Å². The molecule has 0 saturated carbocycles. The van der Waals surface area contributed by atoms with Crippen LogP contribution in [0.1, 0.15) is 21.5 Å². The first-order chi connectivity index (χ1) is 12.4. The number of barbiturate groups is 1. The quantitative estimate of drug-likeness (QED) is 0.658. The molecule has 1 aliphatic rings. The molecule has 3 rings (SSSR count). The summed E-state index contributed by atoms with van der Waals surface area (Å²) in [5.74, 6) is -2.90. The van der Waals surface area contributed by atoms with E-state index in [2.05, 4.69) is 5.32 Å². The summed E-state index contributed by atoms with van der Waals surface area (Å²) in [7, 11) is 0. The number of aryl methyl sites for hydroxylation is 1. The summed E-state index contributed by atoms with van der Waals surface area (Å²) in [4.78, 5) is 48.5. The fourth-order valence-corrected chi connectivity index (χ4v) is 2.47. The predicted octanol–water partition coefficient (Wildman–Crippen LogP) is 1.02. The van der Waals surface area contributed by atoms with Crippen LogP contribution in [-0.4, -0.2) is 23.8 Å². The number of nitrogens with zero attached hydrogens (tertiary/aromatic N) is 1.